The molecule has 1 saturated carbocycles. The molecule has 3 rings (SSSR count). The van der Waals surface area contributed by atoms with Crippen LogP contribution in [0.25, 0.3) is 0 Å². The molecule has 0 amide bonds. The van der Waals surface area contributed by atoms with Crippen molar-refractivity contribution in [2.45, 2.75) is 70.4 Å². The molecule has 1 fully saturated rings. The maximum Gasteiger partial charge on any atom is 0.0859 e. The predicted molar refractivity (Wildman–Crippen MR) is 110 cm³/mol. The summed E-state index contributed by atoms with van der Waals surface area (Å²) in [6, 6.07) is 22.1. The van der Waals surface area contributed by atoms with E-state index in [9.17, 15) is 5.11 Å². The van der Waals surface area contributed by atoms with Crippen LogP contribution in [0.4, 0.5) is 0 Å². The van der Waals surface area contributed by atoms with Gasteiger partial charge in [-0.2, -0.15) is 0 Å². The third-order valence-electron chi connectivity index (χ3n) is 5.48. The summed E-state index contributed by atoms with van der Waals surface area (Å²) in [5, 5.41) is 9.46. The van der Waals surface area contributed by atoms with E-state index in [1.807, 2.05) is 13.8 Å². The van der Waals surface area contributed by atoms with Crippen LogP contribution in [-0.2, 0) is 17.8 Å². The minimum absolute atomic E-state index is 0.0705. The van der Waals surface area contributed by atoms with Crippen LogP contribution >= 0.6 is 0 Å². The zero-order valence-electron chi connectivity index (χ0n) is 16.7. The second kappa shape index (κ2) is 9.50. The Hall–Kier alpha value is -1.68. The molecule has 1 aliphatic rings. The summed E-state index contributed by atoms with van der Waals surface area (Å²) in [6.45, 7) is 5.97. The number of aliphatic hydroxyl groups is 1. The van der Waals surface area contributed by atoms with Crippen molar-refractivity contribution >= 4 is 0 Å². The van der Waals surface area contributed by atoms with Gasteiger partial charge in [-0.3, -0.25) is 4.90 Å². The zero-order valence-corrected chi connectivity index (χ0v) is 16.7. The molecule has 146 valence electrons. The lowest BCUT2D eigenvalue weighted by Crippen LogP contribution is -2.41. The first-order valence-electron chi connectivity index (χ1n) is 10.2. The molecule has 27 heavy (non-hydrogen) atoms. The topological polar surface area (TPSA) is 32.7 Å². The molecule has 0 aromatic heterocycles. The number of ether oxygens (including phenoxy) is 1. The molecule has 0 unspecified atom stereocenters. The summed E-state index contributed by atoms with van der Waals surface area (Å²) in [7, 11) is 0. The minimum Gasteiger partial charge on any atom is -0.393 e. The fraction of sp³-hybridized carbons (Fsp3) is 0.500. The van der Waals surface area contributed by atoms with Gasteiger partial charge < -0.3 is 9.84 Å². The molecule has 2 aromatic carbocycles. The van der Waals surface area contributed by atoms with Gasteiger partial charge in [-0.1, -0.05) is 60.7 Å². The fourth-order valence-corrected chi connectivity index (χ4v) is 3.97. The molecular formula is C24H33NO2. The Labute approximate surface area is 164 Å². The first-order valence-corrected chi connectivity index (χ1v) is 10.2. The maximum absolute atomic E-state index is 9.46. The van der Waals surface area contributed by atoms with Gasteiger partial charge >= 0.3 is 0 Å². The summed E-state index contributed by atoms with van der Waals surface area (Å²) < 4.78 is 6.12. The van der Waals surface area contributed by atoms with Gasteiger partial charge in [0.2, 0.25) is 0 Å². The quantitative estimate of drug-likeness (QED) is 0.728. The van der Waals surface area contributed by atoms with Gasteiger partial charge in [-0.15, -0.1) is 0 Å². The lowest BCUT2D eigenvalue weighted by Gasteiger charge is -2.39. The van der Waals surface area contributed by atoms with Crippen LogP contribution in [0, 0.1) is 0 Å². The first kappa shape index (κ1) is 20.1. The third kappa shape index (κ3) is 6.17. The molecule has 0 bridgehead atoms. The van der Waals surface area contributed by atoms with Crippen LogP contribution in [0.3, 0.4) is 0 Å². The number of rotatable bonds is 8. The van der Waals surface area contributed by atoms with Crippen molar-refractivity contribution in [1.82, 2.24) is 4.90 Å². The van der Waals surface area contributed by atoms with Gasteiger partial charge in [0, 0.05) is 19.1 Å². The van der Waals surface area contributed by atoms with E-state index in [0.29, 0.717) is 6.04 Å². The fourth-order valence-electron chi connectivity index (χ4n) is 3.97. The second-order valence-corrected chi connectivity index (χ2v) is 8.34. The van der Waals surface area contributed by atoms with Crippen LogP contribution in [0.5, 0.6) is 0 Å². The summed E-state index contributed by atoms with van der Waals surface area (Å²) in [5.41, 5.74) is 2.30. The van der Waals surface area contributed by atoms with Gasteiger partial charge in [-0.05, 0) is 50.7 Å². The molecule has 2 aromatic rings. The van der Waals surface area contributed by atoms with E-state index >= 15 is 0 Å². The van der Waals surface area contributed by atoms with E-state index in [2.05, 4.69) is 65.6 Å². The first-order chi connectivity index (χ1) is 13.1. The molecule has 0 heterocycles. The largest absolute Gasteiger partial charge is 0.393 e. The van der Waals surface area contributed by atoms with Crippen molar-refractivity contribution in [3.05, 3.63) is 71.8 Å². The minimum atomic E-state index is -0.439. The van der Waals surface area contributed by atoms with Crippen LogP contribution in [0.15, 0.2) is 60.7 Å². The molecule has 0 radical (unpaired) electrons. The molecule has 0 spiro atoms. The van der Waals surface area contributed by atoms with E-state index in [1.165, 1.54) is 11.1 Å². The van der Waals surface area contributed by atoms with E-state index < -0.39 is 5.60 Å². The van der Waals surface area contributed by atoms with Crippen molar-refractivity contribution < 1.29 is 9.84 Å². The van der Waals surface area contributed by atoms with Gasteiger partial charge in [0.05, 0.1) is 18.3 Å². The Morgan fingerprint density at radius 3 is 1.78 bits per heavy atom. The van der Waals surface area contributed by atoms with Gasteiger partial charge in [0.15, 0.2) is 0 Å². The lowest BCUT2D eigenvalue weighted by molar-refractivity contribution is -0.113. The SMILES string of the molecule is CC(C)(CO)OC1CCC(N(Cc2ccccc2)Cc2ccccc2)CC1. The molecular weight excluding hydrogens is 334 g/mol. The molecule has 0 atom stereocenters. The van der Waals surface area contributed by atoms with Crippen LogP contribution in [0.2, 0.25) is 0 Å². The average molecular weight is 368 g/mol. The number of hydrogen-bond donors (Lipinski definition) is 1. The van der Waals surface area contributed by atoms with Crippen molar-refractivity contribution in [2.75, 3.05) is 6.61 Å². The molecule has 3 nitrogen and oxygen atoms in total. The Balaban J connectivity index is 1.64. The van der Waals surface area contributed by atoms with E-state index in [1.54, 1.807) is 0 Å². The molecule has 1 aliphatic carbocycles. The number of benzene rings is 2. The van der Waals surface area contributed by atoms with Crippen molar-refractivity contribution in [3.63, 3.8) is 0 Å². The summed E-state index contributed by atoms with van der Waals surface area (Å²) in [4.78, 5) is 2.62. The summed E-state index contributed by atoms with van der Waals surface area (Å²) in [5.74, 6) is 0. The van der Waals surface area contributed by atoms with Crippen molar-refractivity contribution in [3.8, 4) is 0 Å². The van der Waals surface area contributed by atoms with E-state index in [-0.39, 0.29) is 12.7 Å². The molecule has 3 heteroatoms. The van der Waals surface area contributed by atoms with E-state index in [0.717, 1.165) is 38.8 Å². The normalized spacial score (nSPS) is 20.7. The Kier molecular flexibility index (Phi) is 7.06. The van der Waals surface area contributed by atoms with Gasteiger partial charge in [0.25, 0.3) is 0 Å². The Bertz CT molecular complexity index is 622. The molecule has 1 N–H and O–H groups in total. The maximum atomic E-state index is 9.46. The number of nitrogens with zero attached hydrogens (tertiary/aromatic N) is 1. The highest BCUT2D eigenvalue weighted by Crippen LogP contribution is 2.29. The molecule has 0 saturated heterocycles. The van der Waals surface area contributed by atoms with Crippen LogP contribution in [-0.4, -0.2) is 34.4 Å². The lowest BCUT2D eigenvalue weighted by atomic mass is 9.90. The predicted octanol–water partition coefficient (Wildman–Crippen LogP) is 4.79. The smallest absolute Gasteiger partial charge is 0.0859 e. The monoisotopic (exact) mass is 367 g/mol. The third-order valence-corrected chi connectivity index (χ3v) is 5.48. The van der Waals surface area contributed by atoms with Crippen LogP contribution < -0.4 is 0 Å². The zero-order chi connectivity index (χ0) is 19.1. The standard InChI is InChI=1S/C24H33NO2/c1-24(2,19-26)27-23-15-13-22(14-16-23)25(17-20-9-5-3-6-10-20)18-21-11-7-4-8-12-21/h3-12,22-23,26H,13-19H2,1-2H3. The van der Waals surface area contributed by atoms with Crippen molar-refractivity contribution in [1.29, 1.82) is 0 Å². The van der Waals surface area contributed by atoms with Gasteiger partial charge in [0.1, 0.15) is 0 Å². The molecule has 0 aliphatic heterocycles. The number of hydrogen-bond acceptors (Lipinski definition) is 3. The second-order valence-electron chi connectivity index (χ2n) is 8.34. The highest BCUT2D eigenvalue weighted by Gasteiger charge is 2.30. The number of aliphatic hydroxyl groups excluding tert-OH is 1. The van der Waals surface area contributed by atoms with Crippen LogP contribution in [0.1, 0.15) is 50.7 Å². The highest BCUT2D eigenvalue weighted by atomic mass is 16.5. The van der Waals surface area contributed by atoms with Gasteiger partial charge in [-0.25, -0.2) is 0 Å². The summed E-state index contributed by atoms with van der Waals surface area (Å²) in [6.07, 6.45) is 4.68. The van der Waals surface area contributed by atoms with Crippen molar-refractivity contribution in [2.24, 2.45) is 0 Å². The highest BCUT2D eigenvalue weighted by molar-refractivity contribution is 5.17. The Morgan fingerprint density at radius 1 is 0.852 bits per heavy atom. The average Bonchev–Trinajstić information content (AvgIpc) is 2.69. The summed E-state index contributed by atoms with van der Waals surface area (Å²) >= 11 is 0. The van der Waals surface area contributed by atoms with E-state index in [4.69, 9.17) is 4.74 Å². The Morgan fingerprint density at radius 2 is 1.33 bits per heavy atom.